The third-order valence-electron chi connectivity index (χ3n) is 4.47. The fourth-order valence-electron chi connectivity index (χ4n) is 3.27. The van der Waals surface area contributed by atoms with Gasteiger partial charge in [-0.3, -0.25) is 14.5 Å². The van der Waals surface area contributed by atoms with E-state index in [9.17, 15) is 18.7 Å². The van der Waals surface area contributed by atoms with Gasteiger partial charge < -0.3 is 15.2 Å². The molecule has 3 rings (SSSR count). The molecule has 160 valence electrons. The number of nitrogens with one attached hydrogen (secondary N) is 1. The number of carbonyl (C=O) groups is 1. The SMILES string of the molecule is Cc1cc(Cn2cc3c(C(=O)NC[C@@H](C)O)nccc3n2)cc(C)c1OCC(F)F. The van der Waals surface area contributed by atoms with Gasteiger partial charge in [0, 0.05) is 18.9 Å². The third kappa shape index (κ3) is 5.10. The van der Waals surface area contributed by atoms with Gasteiger partial charge in [-0.15, -0.1) is 0 Å². The van der Waals surface area contributed by atoms with Crippen molar-refractivity contribution in [2.24, 2.45) is 0 Å². The minimum Gasteiger partial charge on any atom is -0.487 e. The number of rotatable bonds is 8. The number of benzene rings is 1. The summed E-state index contributed by atoms with van der Waals surface area (Å²) in [5, 5.41) is 17.1. The van der Waals surface area contributed by atoms with E-state index < -0.39 is 19.1 Å². The molecule has 2 aromatic heterocycles. The summed E-state index contributed by atoms with van der Waals surface area (Å²) in [7, 11) is 0. The van der Waals surface area contributed by atoms with Gasteiger partial charge in [0.05, 0.1) is 23.6 Å². The Balaban J connectivity index is 1.83. The molecule has 9 heteroatoms. The Kier molecular flexibility index (Phi) is 6.61. The van der Waals surface area contributed by atoms with Crippen molar-refractivity contribution in [3.8, 4) is 5.75 Å². The molecule has 0 aliphatic rings. The molecular weight excluding hydrogens is 394 g/mol. The molecule has 0 aliphatic heterocycles. The summed E-state index contributed by atoms with van der Waals surface area (Å²) in [6, 6.07) is 5.46. The second-order valence-electron chi connectivity index (χ2n) is 7.24. The van der Waals surface area contributed by atoms with Crippen LogP contribution in [0.4, 0.5) is 8.78 Å². The van der Waals surface area contributed by atoms with Gasteiger partial charge in [-0.05, 0) is 43.5 Å². The molecule has 0 bridgehead atoms. The van der Waals surface area contributed by atoms with E-state index in [1.165, 1.54) is 6.20 Å². The summed E-state index contributed by atoms with van der Waals surface area (Å²) >= 11 is 0. The minimum atomic E-state index is -2.53. The van der Waals surface area contributed by atoms with E-state index >= 15 is 0 Å². The minimum absolute atomic E-state index is 0.129. The lowest BCUT2D eigenvalue weighted by molar-refractivity contribution is 0.0812. The number of fused-ring (bicyclic) bond motifs is 1. The Bertz CT molecular complexity index is 1030. The lowest BCUT2D eigenvalue weighted by atomic mass is 10.1. The Hall–Kier alpha value is -3.07. The number of pyridine rings is 1. The molecule has 0 radical (unpaired) electrons. The highest BCUT2D eigenvalue weighted by Crippen LogP contribution is 2.26. The normalized spacial score (nSPS) is 12.4. The van der Waals surface area contributed by atoms with E-state index in [1.54, 1.807) is 23.9 Å². The Morgan fingerprint density at radius 3 is 2.63 bits per heavy atom. The van der Waals surface area contributed by atoms with Gasteiger partial charge in [0.1, 0.15) is 18.1 Å². The zero-order valence-corrected chi connectivity index (χ0v) is 17.0. The van der Waals surface area contributed by atoms with E-state index in [-0.39, 0.29) is 18.1 Å². The lowest BCUT2D eigenvalue weighted by Gasteiger charge is -2.14. The molecule has 1 aromatic carbocycles. The summed E-state index contributed by atoms with van der Waals surface area (Å²) in [5.41, 5.74) is 3.32. The number of aliphatic hydroxyl groups excluding tert-OH is 1. The molecule has 1 amide bonds. The van der Waals surface area contributed by atoms with Crippen molar-refractivity contribution in [2.45, 2.75) is 39.8 Å². The van der Waals surface area contributed by atoms with E-state index in [2.05, 4.69) is 15.4 Å². The first kappa shape index (κ1) is 21.6. The van der Waals surface area contributed by atoms with Crippen molar-refractivity contribution in [1.82, 2.24) is 20.1 Å². The quantitative estimate of drug-likeness (QED) is 0.587. The van der Waals surface area contributed by atoms with Crippen LogP contribution in [-0.4, -0.2) is 51.5 Å². The third-order valence-corrected chi connectivity index (χ3v) is 4.47. The largest absolute Gasteiger partial charge is 0.487 e. The van der Waals surface area contributed by atoms with Crippen LogP contribution in [0.1, 0.15) is 34.1 Å². The smallest absolute Gasteiger partial charge is 0.272 e. The zero-order chi connectivity index (χ0) is 21.8. The van der Waals surface area contributed by atoms with Crippen LogP contribution in [-0.2, 0) is 6.54 Å². The number of ether oxygens (including phenoxy) is 1. The highest BCUT2D eigenvalue weighted by molar-refractivity contribution is 6.04. The molecule has 30 heavy (non-hydrogen) atoms. The van der Waals surface area contributed by atoms with Gasteiger partial charge in [0.2, 0.25) is 0 Å². The number of hydrogen-bond donors (Lipinski definition) is 2. The summed E-state index contributed by atoms with van der Waals surface area (Å²) in [4.78, 5) is 16.5. The van der Waals surface area contributed by atoms with Crippen molar-refractivity contribution in [2.75, 3.05) is 13.2 Å². The number of carbonyl (C=O) groups excluding carboxylic acids is 1. The molecule has 0 saturated carbocycles. The molecule has 0 fully saturated rings. The summed E-state index contributed by atoms with van der Waals surface area (Å²) in [5.74, 6) is 0.0826. The number of amides is 1. The predicted octanol–water partition coefficient (Wildman–Crippen LogP) is 2.85. The first-order chi connectivity index (χ1) is 14.2. The average molecular weight is 418 g/mol. The maximum absolute atomic E-state index is 12.4. The fourth-order valence-corrected chi connectivity index (χ4v) is 3.27. The topological polar surface area (TPSA) is 89.3 Å². The Labute approximate surface area is 172 Å². The predicted molar refractivity (Wildman–Crippen MR) is 108 cm³/mol. The monoisotopic (exact) mass is 418 g/mol. The van der Waals surface area contributed by atoms with Crippen LogP contribution in [0, 0.1) is 13.8 Å². The fraction of sp³-hybridized carbons (Fsp3) is 0.381. The number of alkyl halides is 2. The van der Waals surface area contributed by atoms with Crippen LogP contribution in [0.2, 0.25) is 0 Å². The highest BCUT2D eigenvalue weighted by Gasteiger charge is 2.15. The summed E-state index contributed by atoms with van der Waals surface area (Å²) in [6.45, 7) is 5.12. The van der Waals surface area contributed by atoms with Gasteiger partial charge in [0.15, 0.2) is 0 Å². The number of aromatic nitrogens is 3. The second kappa shape index (κ2) is 9.17. The molecule has 1 atom stereocenters. The Morgan fingerprint density at radius 1 is 1.30 bits per heavy atom. The highest BCUT2D eigenvalue weighted by atomic mass is 19.3. The number of nitrogens with zero attached hydrogens (tertiary/aromatic N) is 3. The van der Waals surface area contributed by atoms with Crippen LogP contribution in [0.3, 0.4) is 0 Å². The molecular formula is C21H24F2N4O3. The van der Waals surface area contributed by atoms with E-state index in [0.717, 1.165) is 16.7 Å². The van der Waals surface area contributed by atoms with Crippen molar-refractivity contribution >= 4 is 16.8 Å². The summed E-state index contributed by atoms with van der Waals surface area (Å²) < 4.78 is 31.8. The van der Waals surface area contributed by atoms with E-state index in [0.29, 0.717) is 23.2 Å². The molecule has 7 nitrogen and oxygen atoms in total. The van der Waals surface area contributed by atoms with Crippen LogP contribution in [0.25, 0.3) is 10.9 Å². The average Bonchev–Trinajstić information content (AvgIpc) is 3.07. The van der Waals surface area contributed by atoms with E-state index in [1.807, 2.05) is 26.0 Å². The zero-order valence-electron chi connectivity index (χ0n) is 17.0. The van der Waals surface area contributed by atoms with Gasteiger partial charge >= 0.3 is 0 Å². The molecule has 3 aromatic rings. The maximum atomic E-state index is 12.4. The molecule has 0 saturated heterocycles. The first-order valence-corrected chi connectivity index (χ1v) is 9.54. The van der Waals surface area contributed by atoms with Crippen LogP contribution in [0.15, 0.2) is 30.6 Å². The standard InChI is InChI=1S/C21H24F2N4O3/c1-12-6-15(7-13(2)20(12)30-11-18(22)23)9-27-10-16-17(26-27)4-5-24-19(16)21(29)25-8-14(3)28/h4-7,10,14,18,28H,8-9,11H2,1-3H3,(H,25,29)/t14-/m1/s1. The molecule has 0 spiro atoms. The van der Waals surface area contributed by atoms with Crippen LogP contribution >= 0.6 is 0 Å². The lowest BCUT2D eigenvalue weighted by Crippen LogP contribution is -2.31. The second-order valence-corrected chi connectivity index (χ2v) is 7.24. The first-order valence-electron chi connectivity index (χ1n) is 9.54. The molecule has 0 aliphatic carbocycles. The number of aryl methyl sites for hydroxylation is 2. The number of halogens is 2. The van der Waals surface area contributed by atoms with Gasteiger partial charge in [-0.25, -0.2) is 8.78 Å². The number of hydrogen-bond acceptors (Lipinski definition) is 5. The van der Waals surface area contributed by atoms with Gasteiger partial charge in [0.25, 0.3) is 12.3 Å². The van der Waals surface area contributed by atoms with Crippen LogP contribution < -0.4 is 10.1 Å². The maximum Gasteiger partial charge on any atom is 0.272 e. The molecule has 0 unspecified atom stereocenters. The summed E-state index contributed by atoms with van der Waals surface area (Å²) in [6.07, 6.45) is 0.0712. The molecule has 2 heterocycles. The van der Waals surface area contributed by atoms with Gasteiger partial charge in [-0.1, -0.05) is 12.1 Å². The van der Waals surface area contributed by atoms with E-state index in [4.69, 9.17) is 4.74 Å². The Morgan fingerprint density at radius 2 is 2.00 bits per heavy atom. The van der Waals surface area contributed by atoms with Crippen molar-refractivity contribution in [3.05, 3.63) is 53.0 Å². The van der Waals surface area contributed by atoms with Crippen molar-refractivity contribution in [1.29, 1.82) is 0 Å². The van der Waals surface area contributed by atoms with Crippen molar-refractivity contribution in [3.63, 3.8) is 0 Å². The van der Waals surface area contributed by atoms with Gasteiger partial charge in [-0.2, -0.15) is 5.10 Å². The van der Waals surface area contributed by atoms with Crippen molar-refractivity contribution < 1.29 is 23.4 Å². The van der Waals surface area contributed by atoms with Crippen LogP contribution in [0.5, 0.6) is 5.75 Å². The molecule has 2 N–H and O–H groups in total. The number of aliphatic hydroxyl groups is 1.